The van der Waals surface area contributed by atoms with E-state index in [9.17, 15) is 0 Å². The first-order valence-corrected chi connectivity index (χ1v) is 16.1. The lowest BCUT2D eigenvalue weighted by atomic mass is 10.1. The Morgan fingerprint density at radius 2 is 1.00 bits per heavy atom. The van der Waals surface area contributed by atoms with Crippen LogP contribution in [0.2, 0.25) is 19.6 Å². The molecule has 0 amide bonds. The molecular weight excluding hydrogens is 320 g/mol. The van der Waals surface area contributed by atoms with Gasteiger partial charge in [0.2, 0.25) is 0 Å². The normalized spacial score (nSPS) is 12.0. The van der Waals surface area contributed by atoms with E-state index in [2.05, 4.69) is 49.5 Å². The summed E-state index contributed by atoms with van der Waals surface area (Å²) in [6, 6.07) is 0. The fraction of sp³-hybridized carbons (Fsp3) is 1.00. The van der Waals surface area contributed by atoms with Crippen LogP contribution >= 0.6 is 23.0 Å². The van der Waals surface area contributed by atoms with E-state index < -0.39 is 7.22 Å². The van der Waals surface area contributed by atoms with Gasteiger partial charge < -0.3 is 0 Å². The van der Waals surface area contributed by atoms with Gasteiger partial charge in [0.15, 0.2) is 0 Å². The first-order valence-electron chi connectivity index (χ1n) is 9.78. The minimum atomic E-state index is -0.861. The summed E-state index contributed by atoms with van der Waals surface area (Å²) in [6.07, 6.45) is 17.5. The van der Waals surface area contributed by atoms with Gasteiger partial charge in [0, 0.05) is 5.75 Å². The Morgan fingerprint density at radius 1 is 0.545 bits per heavy atom. The summed E-state index contributed by atoms with van der Waals surface area (Å²) < 4.78 is 0. The second kappa shape index (κ2) is 16.8. The molecule has 0 spiro atoms. The van der Waals surface area contributed by atoms with Crippen molar-refractivity contribution in [1.29, 1.82) is 0 Å². The van der Waals surface area contributed by atoms with Gasteiger partial charge in [-0.3, -0.25) is 0 Å². The zero-order valence-electron chi connectivity index (χ0n) is 15.9. The van der Waals surface area contributed by atoms with Crippen molar-refractivity contribution < 1.29 is 0 Å². The third-order valence-electron chi connectivity index (χ3n) is 3.90. The minimum Gasteiger partial charge on any atom is -0.185 e. The molecule has 0 radical (unpaired) electrons. The molecule has 0 aromatic carbocycles. The van der Waals surface area contributed by atoms with Crippen LogP contribution in [0.15, 0.2) is 0 Å². The quantitative estimate of drug-likeness (QED) is 0.190. The van der Waals surface area contributed by atoms with Gasteiger partial charge in [-0.15, -0.1) is 0 Å². The van der Waals surface area contributed by atoms with E-state index >= 15 is 0 Å². The third kappa shape index (κ3) is 20.9. The van der Waals surface area contributed by atoms with Crippen molar-refractivity contribution in [2.24, 2.45) is 0 Å². The molecule has 0 heterocycles. The summed E-state index contributed by atoms with van der Waals surface area (Å²) in [7, 11) is -0.861. The number of unbranched alkanes of at least 4 members (excludes halogenated alkanes) is 11. The molecule has 3 heteroatoms. The van der Waals surface area contributed by atoms with Crippen LogP contribution in [-0.2, 0) is 0 Å². The molecule has 0 atom stereocenters. The van der Waals surface area contributed by atoms with Crippen LogP contribution in [0.4, 0.5) is 0 Å². The maximum Gasteiger partial charge on any atom is 0.108 e. The number of thioether (sulfide) groups is 1. The van der Waals surface area contributed by atoms with Gasteiger partial charge in [0.25, 0.3) is 0 Å². The zero-order valence-corrected chi connectivity index (χ0v) is 18.6. The average molecular weight is 363 g/mol. The number of hydrogen-bond donors (Lipinski definition) is 0. The highest BCUT2D eigenvalue weighted by atomic mass is 32.4. The summed E-state index contributed by atoms with van der Waals surface area (Å²) >= 11 is 4.41. The lowest BCUT2D eigenvalue weighted by molar-refractivity contribution is 0.548. The molecule has 0 rings (SSSR count). The molecule has 0 saturated carbocycles. The Bertz CT molecular complexity index is 214. The summed E-state index contributed by atoms with van der Waals surface area (Å²) in [5.74, 6) is 4.13. The highest BCUT2D eigenvalue weighted by molar-refractivity contribution is 8.28. The van der Waals surface area contributed by atoms with Gasteiger partial charge in [-0.05, 0) is 17.9 Å². The molecule has 0 unspecified atom stereocenters. The standard InChI is InChI=1S/C19H42S2Si/c1-5-6-7-8-9-10-11-12-13-14-15-16-17-20-18-19-21-22(2,3)4/h5-19H2,1-4H3. The van der Waals surface area contributed by atoms with Gasteiger partial charge in [-0.25, -0.2) is 0 Å². The summed E-state index contributed by atoms with van der Waals surface area (Å²) in [4.78, 5) is 0. The molecule has 0 aliphatic heterocycles. The third-order valence-corrected chi connectivity index (χ3v) is 9.72. The van der Waals surface area contributed by atoms with E-state index in [1.807, 2.05) is 0 Å². The summed E-state index contributed by atoms with van der Waals surface area (Å²) in [5, 5.41) is 0. The van der Waals surface area contributed by atoms with Gasteiger partial charge in [0.1, 0.15) is 7.22 Å². The molecule has 0 N–H and O–H groups in total. The predicted octanol–water partition coefficient (Wildman–Crippen LogP) is 7.99. The monoisotopic (exact) mass is 362 g/mol. The Hall–Kier alpha value is 0.917. The van der Waals surface area contributed by atoms with Crippen LogP contribution in [0.25, 0.3) is 0 Å². The largest absolute Gasteiger partial charge is 0.185 e. The second-order valence-electron chi connectivity index (χ2n) is 7.46. The molecule has 0 nitrogen and oxygen atoms in total. The number of hydrogen-bond acceptors (Lipinski definition) is 2. The van der Waals surface area contributed by atoms with Crippen molar-refractivity contribution in [3.8, 4) is 0 Å². The molecule has 134 valence electrons. The summed E-state index contributed by atoms with van der Waals surface area (Å²) in [6.45, 7) is 9.65. The van der Waals surface area contributed by atoms with Crippen molar-refractivity contribution in [3.05, 3.63) is 0 Å². The van der Waals surface area contributed by atoms with E-state index in [0.29, 0.717) is 0 Å². The SMILES string of the molecule is CCCCCCCCCCCCCCSCCS[Si](C)(C)C. The Morgan fingerprint density at radius 3 is 1.45 bits per heavy atom. The summed E-state index contributed by atoms with van der Waals surface area (Å²) in [5.41, 5.74) is 0. The van der Waals surface area contributed by atoms with Crippen LogP contribution in [0, 0.1) is 0 Å². The maximum atomic E-state index is 2.45. The Balaban J connectivity index is 3.00. The first-order chi connectivity index (χ1) is 10.6. The van der Waals surface area contributed by atoms with E-state index in [1.165, 1.54) is 94.3 Å². The molecule has 0 aliphatic rings. The lowest BCUT2D eigenvalue weighted by Gasteiger charge is -2.14. The van der Waals surface area contributed by atoms with Gasteiger partial charge in [-0.1, -0.05) is 97.2 Å². The Kier molecular flexibility index (Phi) is 17.5. The molecule has 0 bridgehead atoms. The van der Waals surface area contributed by atoms with Gasteiger partial charge in [-0.2, -0.15) is 23.0 Å². The van der Waals surface area contributed by atoms with Crippen molar-refractivity contribution in [1.82, 2.24) is 0 Å². The Labute approximate surface area is 151 Å². The van der Waals surface area contributed by atoms with Gasteiger partial charge in [0.05, 0.1) is 0 Å². The van der Waals surface area contributed by atoms with Crippen molar-refractivity contribution in [2.45, 2.75) is 104 Å². The zero-order chi connectivity index (χ0) is 16.5. The van der Waals surface area contributed by atoms with Crippen LogP contribution in [-0.4, -0.2) is 24.5 Å². The molecule has 22 heavy (non-hydrogen) atoms. The van der Waals surface area contributed by atoms with Crippen LogP contribution in [0.3, 0.4) is 0 Å². The van der Waals surface area contributed by atoms with Crippen LogP contribution in [0.5, 0.6) is 0 Å². The van der Waals surface area contributed by atoms with Crippen LogP contribution < -0.4 is 0 Å². The number of rotatable bonds is 17. The molecule has 0 aliphatic carbocycles. The first kappa shape index (κ1) is 22.9. The molecule has 0 fully saturated rings. The maximum absolute atomic E-state index is 2.45. The molecule has 0 aromatic heterocycles. The van der Waals surface area contributed by atoms with Crippen molar-refractivity contribution in [3.63, 3.8) is 0 Å². The topological polar surface area (TPSA) is 0 Å². The average Bonchev–Trinajstić information content (AvgIpc) is 2.45. The fourth-order valence-corrected chi connectivity index (χ4v) is 7.17. The van der Waals surface area contributed by atoms with E-state index in [-0.39, 0.29) is 0 Å². The van der Waals surface area contributed by atoms with Crippen molar-refractivity contribution in [2.75, 3.05) is 17.3 Å². The molecular formula is C19H42S2Si. The highest BCUT2D eigenvalue weighted by Crippen LogP contribution is 2.21. The predicted molar refractivity (Wildman–Crippen MR) is 114 cm³/mol. The van der Waals surface area contributed by atoms with E-state index in [1.54, 1.807) is 0 Å². The smallest absolute Gasteiger partial charge is 0.108 e. The fourth-order valence-electron chi connectivity index (χ4n) is 2.55. The highest BCUT2D eigenvalue weighted by Gasteiger charge is 2.12. The molecule has 0 saturated heterocycles. The lowest BCUT2D eigenvalue weighted by Crippen LogP contribution is -2.15. The second-order valence-corrected chi connectivity index (χ2v) is 18.1. The van der Waals surface area contributed by atoms with Gasteiger partial charge >= 0.3 is 0 Å². The van der Waals surface area contributed by atoms with Crippen molar-refractivity contribution >= 4 is 30.2 Å². The molecule has 0 aromatic rings. The minimum absolute atomic E-state index is 0.861. The van der Waals surface area contributed by atoms with E-state index in [0.717, 1.165) is 0 Å². The van der Waals surface area contributed by atoms with E-state index in [4.69, 9.17) is 0 Å². The van der Waals surface area contributed by atoms with Crippen LogP contribution in [0.1, 0.15) is 84.0 Å².